The van der Waals surface area contributed by atoms with Crippen LogP contribution in [-0.2, 0) is 0 Å². The Kier molecular flexibility index (Phi) is 6.89. The Bertz CT molecular complexity index is 386. The molecule has 3 nitrogen and oxygen atoms in total. The van der Waals surface area contributed by atoms with Gasteiger partial charge in [-0.1, -0.05) is 0 Å². The van der Waals surface area contributed by atoms with Crippen LogP contribution in [0, 0.1) is 5.92 Å². The first-order valence-corrected chi connectivity index (χ1v) is 6.70. The number of Topliss-reactive ketones (excluding diaryl/α,β-unsaturated/α-hetero) is 1. The Morgan fingerprint density at radius 3 is 2.68 bits per heavy atom. The van der Waals surface area contributed by atoms with E-state index in [-0.39, 0.29) is 18.2 Å². The van der Waals surface area contributed by atoms with E-state index in [1.807, 2.05) is 24.3 Å². The standard InChI is InChI=1S/C15H21NO2.ClH/c1-12(17)14-4-6-15(7-5-14)18-10-8-13-3-2-9-16-11-13;/h4-7,13,16H,2-3,8-11H2,1H3;1H. The van der Waals surface area contributed by atoms with Crippen LogP contribution in [0.1, 0.15) is 36.5 Å². The average Bonchev–Trinajstić information content (AvgIpc) is 2.40. The number of piperidine rings is 1. The van der Waals surface area contributed by atoms with E-state index in [0.717, 1.165) is 43.3 Å². The molecule has 0 spiro atoms. The SMILES string of the molecule is CC(=O)c1ccc(OCCC2CCCNC2)cc1.Cl. The lowest BCUT2D eigenvalue weighted by Crippen LogP contribution is -2.30. The van der Waals surface area contributed by atoms with Crippen LogP contribution in [-0.4, -0.2) is 25.5 Å². The van der Waals surface area contributed by atoms with Crippen LogP contribution in [0.2, 0.25) is 0 Å². The van der Waals surface area contributed by atoms with Crippen LogP contribution in [0.5, 0.6) is 5.75 Å². The normalized spacial score (nSPS) is 18.5. The molecule has 1 atom stereocenters. The summed E-state index contributed by atoms with van der Waals surface area (Å²) in [4.78, 5) is 11.1. The van der Waals surface area contributed by atoms with Gasteiger partial charge in [0.05, 0.1) is 6.61 Å². The lowest BCUT2D eigenvalue weighted by atomic mass is 9.97. The molecule has 106 valence electrons. The van der Waals surface area contributed by atoms with Gasteiger partial charge < -0.3 is 10.1 Å². The molecule has 1 N–H and O–H groups in total. The molecule has 1 saturated heterocycles. The highest BCUT2D eigenvalue weighted by Gasteiger charge is 2.12. The number of carbonyl (C=O) groups excluding carboxylic acids is 1. The van der Waals surface area contributed by atoms with Gasteiger partial charge in [0.1, 0.15) is 5.75 Å². The third-order valence-electron chi connectivity index (χ3n) is 3.45. The van der Waals surface area contributed by atoms with E-state index < -0.39 is 0 Å². The van der Waals surface area contributed by atoms with Gasteiger partial charge in [-0.2, -0.15) is 0 Å². The summed E-state index contributed by atoms with van der Waals surface area (Å²) in [6.45, 7) is 4.61. The van der Waals surface area contributed by atoms with Gasteiger partial charge in [-0.3, -0.25) is 4.79 Å². The quantitative estimate of drug-likeness (QED) is 0.844. The van der Waals surface area contributed by atoms with Crippen LogP contribution >= 0.6 is 12.4 Å². The van der Waals surface area contributed by atoms with E-state index in [1.165, 1.54) is 12.8 Å². The van der Waals surface area contributed by atoms with Crippen molar-refractivity contribution in [2.24, 2.45) is 5.92 Å². The summed E-state index contributed by atoms with van der Waals surface area (Å²) in [5, 5.41) is 3.41. The molecule has 4 heteroatoms. The summed E-state index contributed by atoms with van der Waals surface area (Å²) in [5.41, 5.74) is 0.735. The van der Waals surface area contributed by atoms with Crippen molar-refractivity contribution in [3.8, 4) is 5.75 Å². The summed E-state index contributed by atoms with van der Waals surface area (Å²) < 4.78 is 5.70. The fourth-order valence-corrected chi connectivity index (χ4v) is 2.30. The number of ether oxygens (including phenoxy) is 1. The topological polar surface area (TPSA) is 38.3 Å². The Morgan fingerprint density at radius 2 is 2.11 bits per heavy atom. The Hall–Kier alpha value is -1.06. The van der Waals surface area contributed by atoms with Gasteiger partial charge in [-0.05, 0) is 69.5 Å². The third-order valence-corrected chi connectivity index (χ3v) is 3.45. The molecular formula is C15H22ClNO2. The van der Waals surface area contributed by atoms with E-state index >= 15 is 0 Å². The van der Waals surface area contributed by atoms with Crippen molar-refractivity contribution < 1.29 is 9.53 Å². The first kappa shape index (κ1) is 16.0. The highest BCUT2D eigenvalue weighted by Crippen LogP contribution is 2.16. The maximum Gasteiger partial charge on any atom is 0.159 e. The van der Waals surface area contributed by atoms with Crippen LogP contribution in [0.3, 0.4) is 0 Å². The first-order valence-electron chi connectivity index (χ1n) is 6.70. The van der Waals surface area contributed by atoms with Crippen molar-refractivity contribution in [2.45, 2.75) is 26.2 Å². The molecule has 0 bridgehead atoms. The molecule has 1 unspecified atom stereocenters. The highest BCUT2D eigenvalue weighted by molar-refractivity contribution is 5.94. The predicted molar refractivity (Wildman–Crippen MR) is 79.4 cm³/mol. The van der Waals surface area contributed by atoms with Crippen LogP contribution in [0.25, 0.3) is 0 Å². The van der Waals surface area contributed by atoms with E-state index in [1.54, 1.807) is 6.92 Å². The lowest BCUT2D eigenvalue weighted by molar-refractivity contribution is 0.101. The lowest BCUT2D eigenvalue weighted by Gasteiger charge is -2.22. The number of hydrogen-bond acceptors (Lipinski definition) is 3. The second-order valence-electron chi connectivity index (χ2n) is 4.93. The Balaban J connectivity index is 0.00000180. The van der Waals surface area contributed by atoms with Gasteiger partial charge >= 0.3 is 0 Å². The summed E-state index contributed by atoms with van der Waals surface area (Å²) in [6, 6.07) is 7.38. The number of rotatable bonds is 5. The van der Waals surface area contributed by atoms with Crippen molar-refractivity contribution in [2.75, 3.05) is 19.7 Å². The van der Waals surface area contributed by atoms with Gasteiger partial charge in [-0.15, -0.1) is 12.4 Å². The molecule has 0 aliphatic carbocycles. The van der Waals surface area contributed by atoms with E-state index in [9.17, 15) is 4.79 Å². The fourth-order valence-electron chi connectivity index (χ4n) is 2.30. The Labute approximate surface area is 121 Å². The van der Waals surface area contributed by atoms with Crippen LogP contribution in [0.4, 0.5) is 0 Å². The molecule has 1 aliphatic heterocycles. The smallest absolute Gasteiger partial charge is 0.159 e. The largest absolute Gasteiger partial charge is 0.494 e. The van der Waals surface area contributed by atoms with Crippen molar-refractivity contribution in [1.29, 1.82) is 0 Å². The summed E-state index contributed by atoms with van der Waals surface area (Å²) in [5.74, 6) is 1.69. The minimum absolute atomic E-state index is 0. The minimum Gasteiger partial charge on any atom is -0.494 e. The number of benzene rings is 1. The van der Waals surface area contributed by atoms with Gasteiger partial charge in [-0.25, -0.2) is 0 Å². The second kappa shape index (κ2) is 8.18. The zero-order valence-corrected chi connectivity index (χ0v) is 12.2. The van der Waals surface area contributed by atoms with Crippen molar-refractivity contribution in [3.05, 3.63) is 29.8 Å². The second-order valence-corrected chi connectivity index (χ2v) is 4.93. The Morgan fingerprint density at radius 1 is 1.37 bits per heavy atom. The van der Waals surface area contributed by atoms with Crippen molar-refractivity contribution in [1.82, 2.24) is 5.32 Å². The highest BCUT2D eigenvalue weighted by atomic mass is 35.5. The zero-order valence-electron chi connectivity index (χ0n) is 11.4. The van der Waals surface area contributed by atoms with Crippen molar-refractivity contribution in [3.63, 3.8) is 0 Å². The molecule has 0 radical (unpaired) electrons. The monoisotopic (exact) mass is 283 g/mol. The van der Waals surface area contributed by atoms with Crippen molar-refractivity contribution >= 4 is 18.2 Å². The van der Waals surface area contributed by atoms with Gasteiger partial charge in [0.25, 0.3) is 0 Å². The molecular weight excluding hydrogens is 262 g/mol. The molecule has 1 heterocycles. The molecule has 0 aromatic heterocycles. The number of carbonyl (C=O) groups is 1. The predicted octanol–water partition coefficient (Wildman–Crippen LogP) is 3.08. The number of halogens is 1. The number of ketones is 1. The molecule has 0 saturated carbocycles. The minimum atomic E-state index is 0. The van der Waals surface area contributed by atoms with Crippen LogP contribution < -0.4 is 10.1 Å². The van der Waals surface area contributed by atoms with Gasteiger partial charge in [0, 0.05) is 5.56 Å². The third kappa shape index (κ3) is 5.21. The molecule has 1 aliphatic rings. The molecule has 0 amide bonds. The first-order chi connectivity index (χ1) is 8.75. The summed E-state index contributed by atoms with van der Waals surface area (Å²) in [7, 11) is 0. The van der Waals surface area contributed by atoms with Crippen LogP contribution in [0.15, 0.2) is 24.3 Å². The zero-order chi connectivity index (χ0) is 12.8. The van der Waals surface area contributed by atoms with E-state index in [4.69, 9.17) is 4.74 Å². The summed E-state index contributed by atoms with van der Waals surface area (Å²) >= 11 is 0. The van der Waals surface area contributed by atoms with Gasteiger partial charge in [0.2, 0.25) is 0 Å². The summed E-state index contributed by atoms with van der Waals surface area (Å²) in [6.07, 6.45) is 3.68. The van der Waals surface area contributed by atoms with E-state index in [2.05, 4.69) is 5.32 Å². The fraction of sp³-hybridized carbons (Fsp3) is 0.533. The molecule has 19 heavy (non-hydrogen) atoms. The molecule has 1 aromatic carbocycles. The molecule has 2 rings (SSSR count). The average molecular weight is 284 g/mol. The van der Waals surface area contributed by atoms with E-state index in [0.29, 0.717) is 0 Å². The molecule has 1 aromatic rings. The number of nitrogens with one attached hydrogen (secondary N) is 1. The maximum atomic E-state index is 11.1. The molecule has 1 fully saturated rings. The van der Waals surface area contributed by atoms with Gasteiger partial charge in [0.15, 0.2) is 5.78 Å². The maximum absolute atomic E-state index is 11.1. The number of hydrogen-bond donors (Lipinski definition) is 1.